The average Bonchev–Trinajstić information content (AvgIpc) is 3.11. The summed E-state index contributed by atoms with van der Waals surface area (Å²) in [5, 5.41) is 0. The Labute approximate surface area is 320 Å². The van der Waals surface area contributed by atoms with Crippen LogP contribution >= 0.6 is 68.5 Å². The van der Waals surface area contributed by atoms with E-state index in [9.17, 15) is 0 Å². The topological polar surface area (TPSA) is 44.8 Å². The molecule has 260 valence electrons. The van der Waals surface area contributed by atoms with Gasteiger partial charge in [-0.3, -0.25) is 0 Å². The quantitative estimate of drug-likeness (QED) is 0.0905. The molecule has 0 heterocycles. The standard InChI is InChI=1S/C42H42I3O4P/c1-31-7-19-37(20-8-31)43(38-21-9-32(2)10-22-38)47-50(46,48-44(39-23-11-33(3)12-24-39)40-25-13-34(4)14-26-40)49-45(41-27-15-35(5)16-28-41)42-29-17-36(6)18-30-42/h7-30H,1-6H3. The van der Waals surface area contributed by atoms with Gasteiger partial charge in [0.2, 0.25) is 0 Å². The van der Waals surface area contributed by atoms with Crippen LogP contribution in [-0.4, -0.2) is 0 Å². The van der Waals surface area contributed by atoms with Crippen molar-refractivity contribution in [3.63, 3.8) is 0 Å². The van der Waals surface area contributed by atoms with E-state index in [1.807, 2.05) is 0 Å². The van der Waals surface area contributed by atoms with Crippen LogP contribution in [0.1, 0.15) is 33.4 Å². The van der Waals surface area contributed by atoms with Gasteiger partial charge in [0.05, 0.1) is 0 Å². The van der Waals surface area contributed by atoms with E-state index < -0.39 is 68.5 Å². The van der Waals surface area contributed by atoms with E-state index in [1.54, 1.807) is 0 Å². The van der Waals surface area contributed by atoms with E-state index in [-0.39, 0.29) is 0 Å². The van der Waals surface area contributed by atoms with Crippen molar-refractivity contribution in [2.45, 2.75) is 41.5 Å². The third kappa shape index (κ3) is 9.73. The van der Waals surface area contributed by atoms with Crippen molar-refractivity contribution in [2.24, 2.45) is 0 Å². The summed E-state index contributed by atoms with van der Waals surface area (Å²) < 4.78 is 43.4. The fourth-order valence-electron chi connectivity index (χ4n) is 4.79. The molecular weight excluding hydrogens is 980 g/mol. The van der Waals surface area contributed by atoms with Gasteiger partial charge in [0, 0.05) is 0 Å². The van der Waals surface area contributed by atoms with Gasteiger partial charge in [-0.05, 0) is 0 Å². The molecule has 0 N–H and O–H groups in total. The van der Waals surface area contributed by atoms with E-state index >= 15 is 4.57 Å². The van der Waals surface area contributed by atoms with Crippen LogP contribution in [0.4, 0.5) is 0 Å². The van der Waals surface area contributed by atoms with Crippen LogP contribution in [-0.2, 0) is 13.1 Å². The molecule has 0 aliphatic heterocycles. The van der Waals surface area contributed by atoms with Gasteiger partial charge in [-0.2, -0.15) is 0 Å². The molecule has 0 unspecified atom stereocenters. The Morgan fingerprint density at radius 1 is 0.300 bits per heavy atom. The molecule has 0 saturated carbocycles. The summed E-state index contributed by atoms with van der Waals surface area (Å²) in [6.45, 7) is 12.5. The van der Waals surface area contributed by atoms with Crippen molar-refractivity contribution in [1.82, 2.24) is 0 Å². The Bertz CT molecular complexity index is 1670. The number of phosphoric acid groups is 1. The Morgan fingerprint density at radius 3 is 0.580 bits per heavy atom. The number of rotatable bonds is 12. The summed E-state index contributed by atoms with van der Waals surface area (Å²) in [6, 6.07) is 50.4. The van der Waals surface area contributed by atoms with Gasteiger partial charge >= 0.3 is 324 Å². The SMILES string of the molecule is Cc1ccc(I(OP(=O)(OI(c2ccc(C)cc2)c2ccc(C)cc2)OI(c2ccc(C)cc2)c2ccc(C)cc2)c2ccc(C)cc2)cc1. The van der Waals surface area contributed by atoms with Crippen LogP contribution < -0.4 is 0 Å². The van der Waals surface area contributed by atoms with Gasteiger partial charge in [0.15, 0.2) is 0 Å². The van der Waals surface area contributed by atoms with E-state index in [2.05, 4.69) is 187 Å². The van der Waals surface area contributed by atoms with Crippen LogP contribution in [0.25, 0.3) is 0 Å². The maximum atomic E-state index is 15.9. The Kier molecular flexibility index (Phi) is 12.7. The molecule has 0 aliphatic carbocycles. The monoisotopic (exact) mass is 1020 g/mol. The Balaban J connectivity index is 1.52. The molecule has 0 fully saturated rings. The first-order valence-corrected chi connectivity index (χ1v) is 26.8. The second-order valence-electron chi connectivity index (χ2n) is 12.2. The molecule has 6 rings (SSSR count). The molecule has 0 amide bonds. The molecule has 6 aromatic rings. The van der Waals surface area contributed by atoms with Gasteiger partial charge < -0.3 is 0 Å². The van der Waals surface area contributed by atoms with Crippen LogP contribution in [0.15, 0.2) is 146 Å². The molecule has 0 radical (unpaired) electrons. The third-order valence-corrected chi connectivity index (χ3v) is 27.6. The first-order valence-electron chi connectivity index (χ1n) is 16.3. The summed E-state index contributed by atoms with van der Waals surface area (Å²) in [7, 11) is -4.24. The van der Waals surface area contributed by atoms with Crippen molar-refractivity contribution in [3.8, 4) is 0 Å². The number of aryl methyl sites for hydroxylation is 6. The van der Waals surface area contributed by atoms with E-state index in [1.165, 1.54) is 0 Å². The minimum absolute atomic E-state index is 1.04. The molecule has 50 heavy (non-hydrogen) atoms. The molecule has 0 aromatic heterocycles. The zero-order valence-electron chi connectivity index (χ0n) is 29.1. The number of benzene rings is 6. The summed E-state index contributed by atoms with van der Waals surface area (Å²) in [6.07, 6.45) is 0. The van der Waals surface area contributed by atoms with Crippen LogP contribution in [0.5, 0.6) is 0 Å². The van der Waals surface area contributed by atoms with Gasteiger partial charge in [0.1, 0.15) is 0 Å². The number of halogens is 3. The summed E-state index contributed by atoms with van der Waals surface area (Å²) >= 11 is -8.55. The fraction of sp³-hybridized carbons (Fsp3) is 0.143. The first-order chi connectivity index (χ1) is 24.0. The zero-order chi connectivity index (χ0) is 35.3. The Morgan fingerprint density at radius 2 is 0.440 bits per heavy atom. The molecular formula is C42H42I3O4P. The second-order valence-corrected chi connectivity index (χ2v) is 28.8. The molecule has 6 aromatic carbocycles. The van der Waals surface area contributed by atoms with Gasteiger partial charge in [-0.1, -0.05) is 0 Å². The summed E-state index contributed by atoms with van der Waals surface area (Å²) in [4.78, 5) is 0. The van der Waals surface area contributed by atoms with Crippen LogP contribution in [0.2, 0.25) is 0 Å². The maximum absolute atomic E-state index is 15.9. The fourth-order valence-corrected chi connectivity index (χ4v) is 26.7. The third-order valence-electron chi connectivity index (χ3n) is 7.72. The predicted octanol–water partition coefficient (Wildman–Crippen LogP) is 13.5. The van der Waals surface area contributed by atoms with Gasteiger partial charge in [0.25, 0.3) is 0 Å². The molecule has 0 atom stereocenters. The van der Waals surface area contributed by atoms with Crippen molar-refractivity contribution in [3.05, 3.63) is 200 Å². The molecule has 8 heteroatoms. The average molecular weight is 1020 g/mol. The number of hydrogen-bond donors (Lipinski definition) is 0. The molecule has 0 spiro atoms. The van der Waals surface area contributed by atoms with Crippen LogP contribution in [0, 0.1) is 63.0 Å². The predicted molar refractivity (Wildman–Crippen MR) is 232 cm³/mol. The second kappa shape index (κ2) is 17.0. The normalized spacial score (nSPS) is 12.4. The first kappa shape index (κ1) is 37.4. The van der Waals surface area contributed by atoms with Crippen molar-refractivity contribution in [2.75, 3.05) is 0 Å². The molecule has 0 aliphatic rings. The molecule has 0 saturated heterocycles. The molecule has 4 nitrogen and oxygen atoms in total. The van der Waals surface area contributed by atoms with Gasteiger partial charge in [-0.15, -0.1) is 0 Å². The Hall–Kier alpha value is -2.38. The number of hydrogen-bond acceptors (Lipinski definition) is 4. The van der Waals surface area contributed by atoms with Crippen LogP contribution in [0.3, 0.4) is 0 Å². The van der Waals surface area contributed by atoms with E-state index in [4.69, 9.17) is 8.56 Å². The van der Waals surface area contributed by atoms with Crippen molar-refractivity contribution >= 4 is 68.5 Å². The summed E-state index contributed by atoms with van der Waals surface area (Å²) in [5.74, 6) is 0. The van der Waals surface area contributed by atoms with Crippen molar-refractivity contribution < 1.29 is 13.1 Å². The molecule has 0 bridgehead atoms. The minimum atomic E-state index is -4.24. The van der Waals surface area contributed by atoms with Gasteiger partial charge in [-0.25, -0.2) is 0 Å². The van der Waals surface area contributed by atoms with E-state index in [0.717, 1.165) is 54.8 Å². The van der Waals surface area contributed by atoms with E-state index in [0.29, 0.717) is 0 Å². The summed E-state index contributed by atoms with van der Waals surface area (Å²) in [5.41, 5.74) is 6.94. The zero-order valence-corrected chi connectivity index (χ0v) is 36.4. The van der Waals surface area contributed by atoms with Crippen molar-refractivity contribution in [1.29, 1.82) is 0 Å².